The van der Waals surface area contributed by atoms with E-state index in [-0.39, 0.29) is 12.2 Å². The molecule has 162 valence electrons. The van der Waals surface area contributed by atoms with E-state index in [1.165, 1.54) is 6.92 Å². The number of benzene rings is 2. The van der Waals surface area contributed by atoms with Crippen molar-refractivity contribution in [3.63, 3.8) is 0 Å². The summed E-state index contributed by atoms with van der Waals surface area (Å²) < 4.78 is 7.11. The number of rotatable bonds is 6. The van der Waals surface area contributed by atoms with Crippen LogP contribution in [0.15, 0.2) is 54.7 Å². The van der Waals surface area contributed by atoms with E-state index in [9.17, 15) is 14.4 Å². The number of ether oxygens (including phenoxy) is 1. The van der Waals surface area contributed by atoms with E-state index < -0.39 is 17.2 Å². The van der Waals surface area contributed by atoms with Crippen LogP contribution in [0.5, 0.6) is 0 Å². The third kappa shape index (κ3) is 4.80. The van der Waals surface area contributed by atoms with Gasteiger partial charge in [0.1, 0.15) is 16.9 Å². The molecule has 0 aliphatic rings. The van der Waals surface area contributed by atoms with Gasteiger partial charge in [-0.15, -0.1) is 0 Å². The molecule has 0 aliphatic carbocycles. The van der Waals surface area contributed by atoms with E-state index in [4.69, 9.17) is 16.3 Å². The lowest BCUT2D eigenvalue weighted by Crippen LogP contribution is -2.38. The second-order valence-corrected chi connectivity index (χ2v) is 8.92. The standard InChI is InChI=1S/C24H25ClN2O4/c1-16(29)14-24(15-28,17-8-10-18(25)11-9-17)27-13-12-19-20(6-5-7-21(19)27)26-22(30)31-23(2,3)4/h5-13,15H,14H2,1-4H3,(H,26,30). The first-order chi connectivity index (χ1) is 14.6. The van der Waals surface area contributed by atoms with Crippen molar-refractivity contribution in [3.05, 3.63) is 65.3 Å². The van der Waals surface area contributed by atoms with Crippen LogP contribution in [0.1, 0.15) is 39.7 Å². The zero-order valence-electron chi connectivity index (χ0n) is 17.9. The Hall–Kier alpha value is -3.12. The van der Waals surface area contributed by atoms with Crippen LogP contribution in [0.3, 0.4) is 0 Å². The lowest BCUT2D eigenvalue weighted by molar-refractivity contribution is -0.123. The number of carbonyl (C=O) groups excluding carboxylic acids is 3. The van der Waals surface area contributed by atoms with Gasteiger partial charge < -0.3 is 14.1 Å². The molecule has 2 aromatic carbocycles. The number of nitrogens with zero attached hydrogens (tertiary/aromatic N) is 1. The van der Waals surface area contributed by atoms with Crippen LogP contribution in [-0.2, 0) is 19.9 Å². The summed E-state index contributed by atoms with van der Waals surface area (Å²) in [5, 5.41) is 4.02. The number of Topliss-reactive ketones (excluding diaryl/α,β-unsaturated/α-hetero) is 1. The maximum atomic E-state index is 12.5. The monoisotopic (exact) mass is 440 g/mol. The number of amides is 1. The maximum absolute atomic E-state index is 12.5. The fourth-order valence-corrected chi connectivity index (χ4v) is 3.77. The van der Waals surface area contributed by atoms with Crippen molar-refractivity contribution in [2.24, 2.45) is 0 Å². The molecule has 1 heterocycles. The minimum absolute atomic E-state index is 0.0222. The quantitative estimate of drug-likeness (QED) is 0.509. The summed E-state index contributed by atoms with van der Waals surface area (Å²) in [7, 11) is 0. The molecule has 0 radical (unpaired) electrons. The SMILES string of the molecule is CC(=O)CC(C=O)(c1ccc(Cl)cc1)n1ccc2c(NC(=O)OC(C)(C)C)cccc21. The Labute approximate surface area is 186 Å². The summed E-state index contributed by atoms with van der Waals surface area (Å²) in [4.78, 5) is 37.0. The summed E-state index contributed by atoms with van der Waals surface area (Å²) in [6.45, 7) is 6.82. The van der Waals surface area contributed by atoms with Gasteiger partial charge in [-0.05, 0) is 63.6 Å². The van der Waals surface area contributed by atoms with E-state index in [1.807, 2.05) is 6.07 Å². The average molecular weight is 441 g/mol. The lowest BCUT2D eigenvalue weighted by Gasteiger charge is -2.31. The molecule has 3 rings (SSSR count). The second-order valence-electron chi connectivity index (χ2n) is 8.48. The third-order valence-corrected chi connectivity index (χ3v) is 5.11. The first-order valence-corrected chi connectivity index (χ1v) is 10.3. The zero-order valence-corrected chi connectivity index (χ0v) is 18.7. The second kappa shape index (κ2) is 8.55. The Morgan fingerprint density at radius 1 is 1.10 bits per heavy atom. The summed E-state index contributed by atoms with van der Waals surface area (Å²) in [6.07, 6.45) is 1.93. The minimum atomic E-state index is -1.25. The number of carbonyl (C=O) groups is 3. The number of halogens is 1. The van der Waals surface area contributed by atoms with Crippen molar-refractivity contribution in [2.75, 3.05) is 5.32 Å². The van der Waals surface area contributed by atoms with Gasteiger partial charge in [0, 0.05) is 23.0 Å². The van der Waals surface area contributed by atoms with Crippen molar-refractivity contribution in [2.45, 2.75) is 45.3 Å². The van der Waals surface area contributed by atoms with Gasteiger partial charge >= 0.3 is 6.09 Å². The van der Waals surface area contributed by atoms with E-state index in [0.29, 0.717) is 21.8 Å². The summed E-state index contributed by atoms with van der Waals surface area (Å²) in [5.74, 6) is -0.132. The molecule has 1 N–H and O–H groups in total. The average Bonchev–Trinajstić information content (AvgIpc) is 3.11. The van der Waals surface area contributed by atoms with Gasteiger partial charge in [-0.25, -0.2) is 4.79 Å². The van der Waals surface area contributed by atoms with Crippen molar-refractivity contribution in [3.8, 4) is 0 Å². The molecule has 0 aliphatic heterocycles. The molecule has 31 heavy (non-hydrogen) atoms. The minimum Gasteiger partial charge on any atom is -0.444 e. The molecular weight excluding hydrogens is 416 g/mol. The highest BCUT2D eigenvalue weighted by Crippen LogP contribution is 2.35. The number of aromatic nitrogens is 1. The number of nitrogens with one attached hydrogen (secondary N) is 1. The molecule has 0 bridgehead atoms. The number of hydrogen-bond acceptors (Lipinski definition) is 4. The molecule has 1 atom stereocenters. The molecule has 1 aromatic heterocycles. The van der Waals surface area contributed by atoms with E-state index >= 15 is 0 Å². The topological polar surface area (TPSA) is 77.4 Å². The van der Waals surface area contributed by atoms with Crippen LogP contribution < -0.4 is 5.32 Å². The van der Waals surface area contributed by atoms with Gasteiger partial charge in [-0.2, -0.15) is 0 Å². The molecule has 1 amide bonds. The Morgan fingerprint density at radius 2 is 1.77 bits per heavy atom. The highest BCUT2D eigenvalue weighted by atomic mass is 35.5. The van der Waals surface area contributed by atoms with Gasteiger partial charge in [0.25, 0.3) is 0 Å². The molecule has 0 spiro atoms. The molecule has 7 heteroatoms. The van der Waals surface area contributed by atoms with Crippen LogP contribution in [0.25, 0.3) is 10.9 Å². The van der Waals surface area contributed by atoms with Crippen molar-refractivity contribution < 1.29 is 19.1 Å². The van der Waals surface area contributed by atoms with Crippen molar-refractivity contribution >= 4 is 46.4 Å². The molecule has 6 nitrogen and oxygen atoms in total. The molecule has 0 saturated carbocycles. The Bertz CT molecular complexity index is 1130. The number of hydrogen-bond donors (Lipinski definition) is 1. The zero-order chi connectivity index (χ0) is 22.8. The molecule has 0 fully saturated rings. The predicted octanol–water partition coefficient (Wildman–Crippen LogP) is 5.56. The van der Waals surface area contributed by atoms with Crippen LogP contribution in [0, 0.1) is 0 Å². The summed E-state index contributed by atoms with van der Waals surface area (Å²) in [5.41, 5.74) is 0.00114. The first kappa shape index (κ1) is 22.6. The molecule has 0 saturated heterocycles. The number of anilines is 1. The fourth-order valence-electron chi connectivity index (χ4n) is 3.65. The molecule has 1 unspecified atom stereocenters. The van der Waals surface area contributed by atoms with Gasteiger partial charge in [-0.3, -0.25) is 10.1 Å². The van der Waals surface area contributed by atoms with E-state index in [1.54, 1.807) is 74.0 Å². The van der Waals surface area contributed by atoms with E-state index in [0.717, 1.165) is 11.7 Å². The normalized spacial score (nSPS) is 13.5. The Kier molecular flexibility index (Phi) is 6.23. The predicted molar refractivity (Wildman–Crippen MR) is 122 cm³/mol. The highest BCUT2D eigenvalue weighted by Gasteiger charge is 2.36. The molecule has 3 aromatic rings. The van der Waals surface area contributed by atoms with E-state index in [2.05, 4.69) is 5.32 Å². The molecular formula is C24H25ClN2O4. The van der Waals surface area contributed by atoms with Gasteiger partial charge in [-0.1, -0.05) is 29.8 Å². The Balaban J connectivity index is 2.13. The van der Waals surface area contributed by atoms with Crippen LogP contribution in [0.4, 0.5) is 10.5 Å². The van der Waals surface area contributed by atoms with Gasteiger partial charge in [0.2, 0.25) is 0 Å². The van der Waals surface area contributed by atoms with Crippen molar-refractivity contribution in [1.82, 2.24) is 4.57 Å². The largest absolute Gasteiger partial charge is 0.444 e. The number of fused-ring (bicyclic) bond motifs is 1. The smallest absolute Gasteiger partial charge is 0.412 e. The van der Waals surface area contributed by atoms with Gasteiger partial charge in [0.15, 0.2) is 6.29 Å². The summed E-state index contributed by atoms with van der Waals surface area (Å²) in [6, 6.07) is 14.0. The van der Waals surface area contributed by atoms with Crippen molar-refractivity contribution in [1.29, 1.82) is 0 Å². The Morgan fingerprint density at radius 3 is 2.35 bits per heavy atom. The van der Waals surface area contributed by atoms with Crippen LogP contribution >= 0.6 is 11.6 Å². The maximum Gasteiger partial charge on any atom is 0.412 e. The van der Waals surface area contributed by atoms with Crippen LogP contribution in [-0.4, -0.2) is 28.3 Å². The highest BCUT2D eigenvalue weighted by molar-refractivity contribution is 6.30. The number of ketones is 1. The lowest BCUT2D eigenvalue weighted by atomic mass is 9.86. The third-order valence-electron chi connectivity index (χ3n) is 4.86. The fraction of sp³-hybridized carbons (Fsp3) is 0.292. The summed E-state index contributed by atoms with van der Waals surface area (Å²) >= 11 is 6.03. The number of aldehydes is 1. The van der Waals surface area contributed by atoms with Gasteiger partial charge in [0.05, 0.1) is 11.2 Å². The van der Waals surface area contributed by atoms with Crippen LogP contribution in [0.2, 0.25) is 5.02 Å². The first-order valence-electron chi connectivity index (χ1n) is 9.88.